The van der Waals surface area contributed by atoms with Gasteiger partial charge in [-0.25, -0.2) is 14.0 Å². The van der Waals surface area contributed by atoms with Crippen molar-refractivity contribution in [3.8, 4) is 0 Å². The molecule has 3 amide bonds. The fraction of sp³-hybridized carbons (Fsp3) is 0.370. The molecule has 10 nitrogen and oxygen atoms in total. The molecule has 0 spiro atoms. The Bertz CT molecular complexity index is 1230. The summed E-state index contributed by atoms with van der Waals surface area (Å²) in [5.41, 5.74) is 0.351. The number of nitrogens with zero attached hydrogens (tertiary/aromatic N) is 1. The Kier molecular flexibility index (Phi) is 8.04. The summed E-state index contributed by atoms with van der Waals surface area (Å²) in [5.74, 6) is -3.48. The molecule has 3 atom stereocenters. The molecule has 200 valence electrons. The number of hydrogen-bond donors (Lipinski definition) is 2. The van der Waals surface area contributed by atoms with Crippen LogP contribution in [-0.2, 0) is 19.1 Å². The molecule has 1 aliphatic heterocycles. The molecule has 38 heavy (non-hydrogen) atoms. The minimum atomic E-state index is -1.12. The molecule has 2 fully saturated rings. The summed E-state index contributed by atoms with van der Waals surface area (Å²) in [6, 6.07) is 7.31. The van der Waals surface area contributed by atoms with Crippen molar-refractivity contribution in [3.63, 3.8) is 0 Å². The summed E-state index contributed by atoms with van der Waals surface area (Å²) in [5, 5.41) is 5.56. The van der Waals surface area contributed by atoms with Crippen LogP contribution >= 0.6 is 0 Å². The minimum absolute atomic E-state index is 0.0132. The summed E-state index contributed by atoms with van der Waals surface area (Å²) < 4.78 is 22.9. The highest BCUT2D eigenvalue weighted by atomic mass is 19.1. The van der Waals surface area contributed by atoms with Gasteiger partial charge in [0.1, 0.15) is 11.9 Å². The van der Waals surface area contributed by atoms with Crippen molar-refractivity contribution in [2.24, 2.45) is 0 Å². The Balaban J connectivity index is 1.61. The number of nitrogens with one attached hydrogen (secondary N) is 2. The summed E-state index contributed by atoms with van der Waals surface area (Å²) in [6.07, 6.45) is 2.75. The Morgan fingerprint density at radius 1 is 0.947 bits per heavy atom. The van der Waals surface area contributed by atoms with Gasteiger partial charge in [-0.15, -0.1) is 0 Å². The molecule has 0 bridgehead atoms. The maximum atomic E-state index is 13.6. The largest absolute Gasteiger partial charge is 0.465 e. The molecule has 0 radical (unpaired) electrons. The number of fused-ring (bicyclic) bond motifs is 1. The first-order valence-corrected chi connectivity index (χ1v) is 12.2. The van der Waals surface area contributed by atoms with Crippen LogP contribution in [0.2, 0.25) is 0 Å². The van der Waals surface area contributed by atoms with Crippen LogP contribution in [0.15, 0.2) is 42.5 Å². The Morgan fingerprint density at radius 3 is 2.16 bits per heavy atom. The van der Waals surface area contributed by atoms with Gasteiger partial charge in [-0.1, -0.05) is 12.8 Å². The lowest BCUT2D eigenvalue weighted by atomic mass is 9.84. The van der Waals surface area contributed by atoms with Crippen molar-refractivity contribution >= 4 is 35.3 Å². The molecule has 1 saturated heterocycles. The molecule has 2 aromatic carbocycles. The number of methoxy groups -OCH3 is 2. The van der Waals surface area contributed by atoms with Crippen LogP contribution < -0.4 is 10.6 Å². The molecule has 2 aromatic rings. The van der Waals surface area contributed by atoms with Crippen molar-refractivity contribution in [2.75, 3.05) is 19.5 Å². The van der Waals surface area contributed by atoms with Crippen LogP contribution in [-0.4, -0.2) is 66.9 Å². The van der Waals surface area contributed by atoms with Gasteiger partial charge >= 0.3 is 11.9 Å². The lowest BCUT2D eigenvalue weighted by Crippen LogP contribution is -2.68. The van der Waals surface area contributed by atoms with Gasteiger partial charge in [0.25, 0.3) is 5.91 Å². The van der Waals surface area contributed by atoms with E-state index in [0.717, 1.165) is 12.8 Å². The second-order valence-corrected chi connectivity index (χ2v) is 9.24. The van der Waals surface area contributed by atoms with Crippen LogP contribution in [0.3, 0.4) is 0 Å². The number of carbonyl (C=O) groups excluding carboxylic acids is 5. The number of benzene rings is 2. The average molecular weight is 526 g/mol. The highest BCUT2D eigenvalue weighted by molar-refractivity contribution is 6.03. The molecule has 11 heteroatoms. The number of ether oxygens (including phenoxy) is 2. The third kappa shape index (κ3) is 5.66. The maximum absolute atomic E-state index is 13.6. The van der Waals surface area contributed by atoms with Crippen LogP contribution in [0.5, 0.6) is 0 Å². The number of halogens is 1. The molecule has 4 rings (SSSR count). The fourth-order valence-electron chi connectivity index (χ4n) is 5.03. The Hall–Kier alpha value is -4.28. The zero-order chi connectivity index (χ0) is 27.4. The quantitative estimate of drug-likeness (QED) is 0.555. The molecule has 3 unspecified atom stereocenters. The lowest BCUT2D eigenvalue weighted by molar-refractivity contribution is -0.135. The van der Waals surface area contributed by atoms with E-state index in [1.165, 1.54) is 61.6 Å². The highest BCUT2D eigenvalue weighted by Gasteiger charge is 2.46. The summed E-state index contributed by atoms with van der Waals surface area (Å²) in [6.45, 7) is 0. The summed E-state index contributed by atoms with van der Waals surface area (Å²) in [7, 11) is 2.36. The maximum Gasteiger partial charge on any atom is 0.337 e. The first kappa shape index (κ1) is 26.8. The second-order valence-electron chi connectivity index (χ2n) is 9.24. The van der Waals surface area contributed by atoms with Crippen LogP contribution in [0, 0.1) is 5.82 Å². The molecule has 1 heterocycles. The number of piperazine rings is 1. The molecular weight excluding hydrogens is 497 g/mol. The summed E-state index contributed by atoms with van der Waals surface area (Å²) in [4.78, 5) is 65.4. The normalized spacial score (nSPS) is 20.6. The van der Waals surface area contributed by atoms with Gasteiger partial charge in [0.2, 0.25) is 11.8 Å². The third-order valence-electron chi connectivity index (χ3n) is 6.82. The second kappa shape index (κ2) is 11.4. The number of rotatable bonds is 6. The van der Waals surface area contributed by atoms with Crippen LogP contribution in [0.4, 0.5) is 10.1 Å². The van der Waals surface area contributed by atoms with Gasteiger partial charge in [0.15, 0.2) is 0 Å². The number of amides is 3. The number of esters is 2. The van der Waals surface area contributed by atoms with Crippen molar-refractivity contribution in [2.45, 2.75) is 50.2 Å². The van der Waals surface area contributed by atoms with Crippen molar-refractivity contribution < 1.29 is 37.8 Å². The Labute approximate surface area is 218 Å². The third-order valence-corrected chi connectivity index (χ3v) is 6.82. The van der Waals surface area contributed by atoms with Crippen LogP contribution in [0.25, 0.3) is 0 Å². The molecule has 1 aliphatic carbocycles. The predicted molar refractivity (Wildman–Crippen MR) is 133 cm³/mol. The topological polar surface area (TPSA) is 131 Å². The molecule has 0 aromatic heterocycles. The van der Waals surface area contributed by atoms with Gasteiger partial charge < -0.3 is 25.0 Å². The van der Waals surface area contributed by atoms with Gasteiger partial charge in [-0.2, -0.15) is 0 Å². The molecule has 1 saturated carbocycles. The zero-order valence-electron chi connectivity index (χ0n) is 21.0. The Morgan fingerprint density at radius 2 is 1.55 bits per heavy atom. The van der Waals surface area contributed by atoms with Crippen LogP contribution in [0.1, 0.15) is 63.2 Å². The minimum Gasteiger partial charge on any atom is -0.465 e. The van der Waals surface area contributed by atoms with Crippen molar-refractivity contribution in [1.29, 1.82) is 0 Å². The average Bonchev–Trinajstić information content (AvgIpc) is 2.92. The monoisotopic (exact) mass is 525 g/mol. The summed E-state index contributed by atoms with van der Waals surface area (Å²) >= 11 is 0. The van der Waals surface area contributed by atoms with E-state index in [2.05, 4.69) is 10.6 Å². The smallest absolute Gasteiger partial charge is 0.337 e. The molecule has 2 N–H and O–H groups in total. The van der Waals surface area contributed by atoms with E-state index >= 15 is 0 Å². The van der Waals surface area contributed by atoms with Crippen molar-refractivity contribution in [1.82, 2.24) is 10.2 Å². The number of hydrogen-bond acceptors (Lipinski definition) is 7. The first-order valence-electron chi connectivity index (χ1n) is 12.2. The van der Waals surface area contributed by atoms with Gasteiger partial charge in [0.05, 0.1) is 37.8 Å². The number of anilines is 1. The van der Waals surface area contributed by atoms with E-state index in [1.807, 2.05) is 0 Å². The standard InChI is InChI=1S/C27H28FN3O7/c1-37-26(35)16-11-17(27(36)38-2)13-19(12-16)29-23(32)14-22-24(33)30-20-5-3-4-6-21(20)31(22)25(34)15-7-9-18(28)10-8-15/h7-13,20-22H,3-6,14H2,1-2H3,(H,29,32)(H,30,33). The van der Waals surface area contributed by atoms with E-state index in [1.54, 1.807) is 0 Å². The molecular formula is C27H28FN3O7. The van der Waals surface area contributed by atoms with Gasteiger partial charge in [-0.3, -0.25) is 14.4 Å². The van der Waals surface area contributed by atoms with E-state index in [9.17, 15) is 28.4 Å². The number of carbonyl (C=O) groups is 5. The van der Waals surface area contributed by atoms with E-state index in [4.69, 9.17) is 9.47 Å². The highest BCUT2D eigenvalue weighted by Crippen LogP contribution is 2.31. The lowest BCUT2D eigenvalue weighted by Gasteiger charge is -2.48. The van der Waals surface area contributed by atoms with E-state index < -0.39 is 41.5 Å². The van der Waals surface area contributed by atoms with Gasteiger partial charge in [-0.05, 0) is 55.3 Å². The van der Waals surface area contributed by atoms with E-state index in [0.29, 0.717) is 12.8 Å². The van der Waals surface area contributed by atoms with E-state index in [-0.39, 0.29) is 40.9 Å². The fourth-order valence-corrected chi connectivity index (χ4v) is 5.03. The van der Waals surface area contributed by atoms with Crippen molar-refractivity contribution in [3.05, 3.63) is 65.0 Å². The first-order chi connectivity index (χ1) is 18.2. The zero-order valence-corrected chi connectivity index (χ0v) is 21.0. The predicted octanol–water partition coefficient (Wildman–Crippen LogP) is 2.68. The molecule has 2 aliphatic rings. The van der Waals surface area contributed by atoms with Gasteiger partial charge in [0, 0.05) is 17.3 Å². The SMILES string of the molecule is COC(=O)c1cc(NC(=O)CC2C(=O)NC3CCCCC3N2C(=O)c2ccc(F)cc2)cc(C(=O)OC)c1.